The topological polar surface area (TPSA) is 60.0 Å². The highest BCUT2D eigenvalue weighted by molar-refractivity contribution is 5.21. The summed E-state index contributed by atoms with van der Waals surface area (Å²) in [5, 5.41) is 13.1. The van der Waals surface area contributed by atoms with Crippen molar-refractivity contribution >= 4 is 0 Å². The molecule has 4 heterocycles. The summed E-state index contributed by atoms with van der Waals surface area (Å²) in [5.74, 6) is 3.89. The zero-order valence-corrected chi connectivity index (χ0v) is 15.1. The third kappa shape index (κ3) is 2.66. The lowest BCUT2D eigenvalue weighted by atomic mass is 10.1. The van der Waals surface area contributed by atoms with Crippen LogP contribution in [0.4, 0.5) is 0 Å². The molecule has 2 aromatic rings. The molecule has 0 saturated carbocycles. The number of rotatable bonds is 4. The Labute approximate surface area is 143 Å². The summed E-state index contributed by atoms with van der Waals surface area (Å²) in [5.41, 5.74) is 2.28. The average molecular weight is 329 g/mol. The van der Waals surface area contributed by atoms with Crippen LogP contribution in [0.15, 0.2) is 4.52 Å². The second kappa shape index (κ2) is 5.99. The van der Waals surface area contributed by atoms with Gasteiger partial charge < -0.3 is 9.09 Å². The molecular formula is C18H27N5O. The fourth-order valence-electron chi connectivity index (χ4n) is 4.27. The zero-order valence-electron chi connectivity index (χ0n) is 15.1. The lowest BCUT2D eigenvalue weighted by Crippen LogP contribution is -2.37. The highest BCUT2D eigenvalue weighted by Crippen LogP contribution is 2.34. The molecule has 24 heavy (non-hydrogen) atoms. The molecule has 0 N–H and O–H groups in total. The predicted molar refractivity (Wildman–Crippen MR) is 90.6 cm³/mol. The van der Waals surface area contributed by atoms with Crippen molar-refractivity contribution in [2.45, 2.75) is 78.6 Å². The highest BCUT2D eigenvalue weighted by Gasteiger charge is 2.39. The first kappa shape index (κ1) is 15.8. The molecule has 1 fully saturated rings. The van der Waals surface area contributed by atoms with Crippen LogP contribution in [0.25, 0.3) is 0 Å². The van der Waals surface area contributed by atoms with Gasteiger partial charge in [-0.15, -0.1) is 10.2 Å². The van der Waals surface area contributed by atoms with E-state index in [0.717, 1.165) is 43.2 Å². The minimum Gasteiger partial charge on any atom is -0.361 e. The van der Waals surface area contributed by atoms with Gasteiger partial charge in [-0.25, -0.2) is 0 Å². The molecule has 6 nitrogen and oxygen atoms in total. The third-order valence-electron chi connectivity index (χ3n) is 5.60. The Hall–Kier alpha value is -1.69. The van der Waals surface area contributed by atoms with Crippen LogP contribution in [-0.2, 0) is 25.9 Å². The van der Waals surface area contributed by atoms with Crippen molar-refractivity contribution in [3.05, 3.63) is 28.7 Å². The van der Waals surface area contributed by atoms with E-state index < -0.39 is 0 Å². The molecule has 2 aliphatic heterocycles. The Morgan fingerprint density at radius 1 is 1.17 bits per heavy atom. The van der Waals surface area contributed by atoms with E-state index in [1.54, 1.807) is 0 Å². The molecule has 0 radical (unpaired) electrons. The molecule has 0 amide bonds. The summed E-state index contributed by atoms with van der Waals surface area (Å²) in [6, 6.07) is 1.12. The van der Waals surface area contributed by atoms with Crippen LogP contribution >= 0.6 is 0 Å². The first-order chi connectivity index (χ1) is 11.5. The van der Waals surface area contributed by atoms with Gasteiger partial charge >= 0.3 is 0 Å². The van der Waals surface area contributed by atoms with E-state index in [-0.39, 0.29) is 0 Å². The largest absolute Gasteiger partial charge is 0.361 e. The normalized spacial score (nSPS) is 23.7. The van der Waals surface area contributed by atoms with Gasteiger partial charge in [-0.05, 0) is 32.6 Å². The second-order valence-corrected chi connectivity index (χ2v) is 7.81. The molecule has 2 unspecified atom stereocenters. The Kier molecular flexibility index (Phi) is 3.95. The van der Waals surface area contributed by atoms with Crippen molar-refractivity contribution in [3.8, 4) is 0 Å². The standard InChI is InChI=1S/C18H27N5O/c1-11(2)7-17-19-20-18-8-14-5-6-15(9-23(17)18)22(14)10-16-12(3)21-24-13(16)4/h11,14-15H,5-10H2,1-4H3. The minimum absolute atomic E-state index is 0.557. The Morgan fingerprint density at radius 3 is 2.67 bits per heavy atom. The lowest BCUT2D eigenvalue weighted by Gasteiger charge is -2.27. The highest BCUT2D eigenvalue weighted by atomic mass is 16.5. The van der Waals surface area contributed by atoms with Crippen molar-refractivity contribution < 1.29 is 4.52 Å². The van der Waals surface area contributed by atoms with Crippen molar-refractivity contribution in [1.82, 2.24) is 24.8 Å². The van der Waals surface area contributed by atoms with Gasteiger partial charge in [-0.2, -0.15) is 0 Å². The fourth-order valence-corrected chi connectivity index (χ4v) is 4.27. The van der Waals surface area contributed by atoms with Gasteiger partial charge in [0.1, 0.15) is 17.4 Å². The summed E-state index contributed by atoms with van der Waals surface area (Å²) in [4.78, 5) is 2.65. The minimum atomic E-state index is 0.557. The molecule has 2 atom stereocenters. The molecule has 6 heteroatoms. The van der Waals surface area contributed by atoms with E-state index in [4.69, 9.17) is 4.52 Å². The van der Waals surface area contributed by atoms with E-state index in [2.05, 4.69) is 38.7 Å². The molecule has 0 aliphatic carbocycles. The molecule has 2 aromatic heterocycles. The van der Waals surface area contributed by atoms with Gasteiger partial charge in [0, 0.05) is 43.6 Å². The van der Waals surface area contributed by atoms with Crippen molar-refractivity contribution in [2.75, 3.05) is 0 Å². The van der Waals surface area contributed by atoms with Crippen LogP contribution < -0.4 is 0 Å². The molecule has 130 valence electrons. The second-order valence-electron chi connectivity index (χ2n) is 7.81. The average Bonchev–Trinajstić information content (AvgIpc) is 3.12. The summed E-state index contributed by atoms with van der Waals surface area (Å²) in [7, 11) is 0. The third-order valence-corrected chi connectivity index (χ3v) is 5.60. The van der Waals surface area contributed by atoms with Crippen LogP contribution in [0.2, 0.25) is 0 Å². The Bertz CT molecular complexity index is 712. The first-order valence-electron chi connectivity index (χ1n) is 9.11. The maximum absolute atomic E-state index is 5.36. The maximum atomic E-state index is 5.36. The Morgan fingerprint density at radius 2 is 1.96 bits per heavy atom. The van der Waals surface area contributed by atoms with Crippen molar-refractivity contribution in [1.29, 1.82) is 0 Å². The van der Waals surface area contributed by atoms with Crippen LogP contribution in [0.5, 0.6) is 0 Å². The molecule has 2 bridgehead atoms. The van der Waals surface area contributed by atoms with E-state index in [9.17, 15) is 0 Å². The number of aryl methyl sites for hydroxylation is 2. The van der Waals surface area contributed by atoms with Crippen molar-refractivity contribution in [2.24, 2.45) is 5.92 Å². The number of nitrogens with zero attached hydrogens (tertiary/aromatic N) is 5. The quantitative estimate of drug-likeness (QED) is 0.863. The Balaban J connectivity index is 1.59. The van der Waals surface area contributed by atoms with Gasteiger partial charge in [-0.1, -0.05) is 19.0 Å². The summed E-state index contributed by atoms with van der Waals surface area (Å²) >= 11 is 0. The molecule has 2 aliphatic rings. The zero-order chi connectivity index (χ0) is 16.8. The number of hydrogen-bond acceptors (Lipinski definition) is 5. The van der Waals surface area contributed by atoms with E-state index >= 15 is 0 Å². The van der Waals surface area contributed by atoms with Crippen LogP contribution in [0.3, 0.4) is 0 Å². The number of fused-ring (bicyclic) bond motifs is 3. The van der Waals surface area contributed by atoms with Gasteiger partial charge in [0.15, 0.2) is 0 Å². The summed E-state index contributed by atoms with van der Waals surface area (Å²) < 4.78 is 7.76. The smallest absolute Gasteiger partial charge is 0.138 e. The molecule has 0 spiro atoms. The van der Waals surface area contributed by atoms with E-state index in [1.807, 2.05) is 13.8 Å². The number of aromatic nitrogens is 4. The van der Waals surface area contributed by atoms with Crippen molar-refractivity contribution in [3.63, 3.8) is 0 Å². The van der Waals surface area contributed by atoms with E-state index in [1.165, 1.54) is 24.2 Å². The van der Waals surface area contributed by atoms with E-state index in [0.29, 0.717) is 18.0 Å². The van der Waals surface area contributed by atoms with Gasteiger partial charge in [0.2, 0.25) is 0 Å². The van der Waals surface area contributed by atoms with Crippen LogP contribution in [0, 0.1) is 19.8 Å². The summed E-state index contributed by atoms with van der Waals surface area (Å²) in [6.07, 6.45) is 4.52. The fraction of sp³-hybridized carbons (Fsp3) is 0.722. The molecule has 4 rings (SSSR count). The van der Waals surface area contributed by atoms with Crippen LogP contribution in [-0.4, -0.2) is 36.9 Å². The molecule has 1 saturated heterocycles. The van der Waals surface area contributed by atoms with Gasteiger partial charge in [-0.3, -0.25) is 4.90 Å². The monoisotopic (exact) mass is 329 g/mol. The van der Waals surface area contributed by atoms with Crippen LogP contribution in [0.1, 0.15) is 55.4 Å². The predicted octanol–water partition coefficient (Wildman–Crippen LogP) is 2.67. The lowest BCUT2D eigenvalue weighted by molar-refractivity contribution is 0.178. The SMILES string of the molecule is Cc1noc(C)c1CN1C2CCC1Cn1c(CC(C)C)nnc1C2. The first-order valence-corrected chi connectivity index (χ1v) is 9.11. The molecular weight excluding hydrogens is 302 g/mol. The number of hydrogen-bond donors (Lipinski definition) is 0. The van der Waals surface area contributed by atoms with Gasteiger partial charge in [0.05, 0.1) is 5.69 Å². The van der Waals surface area contributed by atoms with Gasteiger partial charge in [0.25, 0.3) is 0 Å². The maximum Gasteiger partial charge on any atom is 0.138 e. The molecule has 0 aromatic carbocycles. The summed E-state index contributed by atoms with van der Waals surface area (Å²) in [6.45, 7) is 10.5.